The van der Waals surface area contributed by atoms with Crippen LogP contribution >= 0.6 is 11.3 Å². The van der Waals surface area contributed by atoms with Crippen LogP contribution in [0.3, 0.4) is 0 Å². The van der Waals surface area contributed by atoms with Gasteiger partial charge in [-0.05, 0) is 38.3 Å². The van der Waals surface area contributed by atoms with Gasteiger partial charge in [-0.25, -0.2) is 4.98 Å². The maximum atomic E-state index is 5.63. The van der Waals surface area contributed by atoms with Crippen LogP contribution in [0.1, 0.15) is 31.9 Å². The van der Waals surface area contributed by atoms with Gasteiger partial charge in [0.05, 0.1) is 5.69 Å². The van der Waals surface area contributed by atoms with Gasteiger partial charge in [0.2, 0.25) is 0 Å². The second-order valence-electron chi connectivity index (χ2n) is 4.49. The lowest BCUT2D eigenvalue weighted by Gasteiger charge is -2.18. The van der Waals surface area contributed by atoms with Crippen molar-refractivity contribution in [3.05, 3.63) is 11.1 Å². The van der Waals surface area contributed by atoms with E-state index in [9.17, 15) is 0 Å². The van der Waals surface area contributed by atoms with Crippen molar-refractivity contribution < 1.29 is 0 Å². The van der Waals surface area contributed by atoms with Crippen molar-refractivity contribution in [1.29, 1.82) is 0 Å². The molecule has 1 aliphatic heterocycles. The van der Waals surface area contributed by atoms with Crippen LogP contribution < -0.4 is 5.73 Å². The molecule has 0 aliphatic carbocycles. The van der Waals surface area contributed by atoms with Crippen molar-refractivity contribution in [1.82, 2.24) is 9.88 Å². The molecule has 2 rings (SSSR count). The quantitative estimate of drug-likeness (QED) is 0.840. The maximum Gasteiger partial charge on any atom is 0.180 e. The Balaban J connectivity index is 1.88. The average Bonchev–Trinajstić information content (AvgIpc) is 2.48. The van der Waals surface area contributed by atoms with Gasteiger partial charge in [0.1, 0.15) is 0 Å². The van der Waals surface area contributed by atoms with Gasteiger partial charge in [-0.1, -0.05) is 6.92 Å². The number of nitrogens with two attached hydrogens (primary N) is 1. The molecule has 3 nitrogen and oxygen atoms in total. The number of hydrogen-bond donors (Lipinski definition) is 1. The molecule has 15 heavy (non-hydrogen) atoms. The van der Waals surface area contributed by atoms with Crippen molar-refractivity contribution in [2.24, 2.45) is 5.92 Å². The molecule has 0 bridgehead atoms. The zero-order chi connectivity index (χ0) is 10.7. The largest absolute Gasteiger partial charge is 0.375 e. The first-order chi connectivity index (χ1) is 7.24. The number of thiazole rings is 1. The van der Waals surface area contributed by atoms with Gasteiger partial charge in [0, 0.05) is 11.9 Å². The molecule has 0 aromatic carbocycles. The lowest BCUT2D eigenvalue weighted by molar-refractivity contribution is 0.271. The number of rotatable bonds is 2. The van der Waals surface area contributed by atoms with Gasteiger partial charge < -0.3 is 5.73 Å². The van der Waals surface area contributed by atoms with E-state index in [2.05, 4.69) is 22.2 Å². The third-order valence-electron chi connectivity index (χ3n) is 3.06. The van der Waals surface area contributed by atoms with Gasteiger partial charge in [0.15, 0.2) is 5.13 Å². The molecule has 1 aromatic heterocycles. The summed E-state index contributed by atoms with van der Waals surface area (Å²) >= 11 is 1.54. The van der Waals surface area contributed by atoms with Crippen LogP contribution in [-0.2, 0) is 6.54 Å². The third-order valence-corrected chi connectivity index (χ3v) is 3.79. The lowest BCUT2D eigenvalue weighted by atomic mass is 10.0. The summed E-state index contributed by atoms with van der Waals surface area (Å²) in [5.41, 5.74) is 6.76. The number of nitrogens with zero attached hydrogens (tertiary/aromatic N) is 2. The minimum Gasteiger partial charge on any atom is -0.375 e. The molecule has 84 valence electrons. The highest BCUT2D eigenvalue weighted by Crippen LogP contribution is 2.19. The molecule has 2 heterocycles. The Bertz CT molecular complexity index is 311. The molecule has 4 heteroatoms. The Morgan fingerprint density at radius 3 is 3.13 bits per heavy atom. The van der Waals surface area contributed by atoms with Crippen LogP contribution in [0, 0.1) is 5.92 Å². The maximum absolute atomic E-state index is 5.63. The second-order valence-corrected chi connectivity index (χ2v) is 5.38. The fraction of sp³-hybridized carbons (Fsp3) is 0.727. The van der Waals surface area contributed by atoms with E-state index in [0.29, 0.717) is 5.13 Å². The van der Waals surface area contributed by atoms with E-state index in [1.807, 2.05) is 0 Å². The van der Waals surface area contributed by atoms with Crippen molar-refractivity contribution >= 4 is 16.5 Å². The second kappa shape index (κ2) is 4.94. The van der Waals surface area contributed by atoms with E-state index in [4.69, 9.17) is 5.73 Å². The predicted octanol–water partition coefficient (Wildman–Crippen LogP) is 2.35. The summed E-state index contributed by atoms with van der Waals surface area (Å²) in [7, 11) is 0. The Morgan fingerprint density at radius 2 is 2.40 bits per heavy atom. The topological polar surface area (TPSA) is 42.1 Å². The highest BCUT2D eigenvalue weighted by Gasteiger charge is 2.14. The van der Waals surface area contributed by atoms with Gasteiger partial charge in [-0.15, -0.1) is 11.3 Å². The Morgan fingerprint density at radius 1 is 1.53 bits per heavy atom. The van der Waals surface area contributed by atoms with Crippen molar-refractivity contribution in [3.63, 3.8) is 0 Å². The number of anilines is 1. The molecule has 0 radical (unpaired) electrons. The van der Waals surface area contributed by atoms with Gasteiger partial charge >= 0.3 is 0 Å². The zero-order valence-electron chi connectivity index (χ0n) is 9.28. The summed E-state index contributed by atoms with van der Waals surface area (Å²) in [6.45, 7) is 5.74. The van der Waals surface area contributed by atoms with Crippen LogP contribution in [0.5, 0.6) is 0 Å². The molecule has 1 aliphatic rings. The van der Waals surface area contributed by atoms with Crippen molar-refractivity contribution in [2.75, 3.05) is 18.8 Å². The Hall–Kier alpha value is -0.610. The summed E-state index contributed by atoms with van der Waals surface area (Å²) in [5.74, 6) is 0.885. The summed E-state index contributed by atoms with van der Waals surface area (Å²) in [4.78, 5) is 6.81. The monoisotopic (exact) mass is 225 g/mol. The van der Waals surface area contributed by atoms with E-state index >= 15 is 0 Å². The standard InChI is InChI=1S/C11H19N3S/c1-9-3-2-5-14(6-4-9)7-10-8-15-11(12)13-10/h8-9H,2-7H2,1H3,(H2,12,13). The lowest BCUT2D eigenvalue weighted by Crippen LogP contribution is -2.24. The number of likely N-dealkylation sites (tertiary alicyclic amines) is 1. The van der Waals surface area contributed by atoms with E-state index < -0.39 is 0 Å². The molecular weight excluding hydrogens is 206 g/mol. The van der Waals surface area contributed by atoms with Crippen LogP contribution in [0.4, 0.5) is 5.13 Å². The summed E-state index contributed by atoms with van der Waals surface area (Å²) in [6, 6.07) is 0. The molecule has 1 fully saturated rings. The van der Waals surface area contributed by atoms with Crippen LogP contribution in [0.25, 0.3) is 0 Å². The Labute approximate surface area is 95.3 Å². The molecule has 0 amide bonds. The smallest absolute Gasteiger partial charge is 0.180 e. The minimum absolute atomic E-state index is 0.688. The van der Waals surface area contributed by atoms with Gasteiger partial charge in [-0.3, -0.25) is 4.90 Å². The zero-order valence-corrected chi connectivity index (χ0v) is 10.1. The van der Waals surface area contributed by atoms with E-state index in [1.54, 1.807) is 0 Å². The summed E-state index contributed by atoms with van der Waals surface area (Å²) in [6.07, 6.45) is 4.01. The molecule has 1 aromatic rings. The fourth-order valence-electron chi connectivity index (χ4n) is 2.10. The predicted molar refractivity (Wildman–Crippen MR) is 64.8 cm³/mol. The molecule has 2 N–H and O–H groups in total. The highest BCUT2D eigenvalue weighted by molar-refractivity contribution is 7.13. The normalized spacial score (nSPS) is 23.9. The Kier molecular flexibility index (Phi) is 3.59. The molecule has 1 atom stereocenters. The van der Waals surface area contributed by atoms with E-state index in [-0.39, 0.29) is 0 Å². The first kappa shape index (κ1) is 10.9. The van der Waals surface area contributed by atoms with Gasteiger partial charge in [-0.2, -0.15) is 0 Å². The SMILES string of the molecule is CC1CCCN(Cc2csc(N)n2)CC1. The summed E-state index contributed by atoms with van der Waals surface area (Å²) < 4.78 is 0. The van der Waals surface area contributed by atoms with E-state index in [1.165, 1.54) is 43.7 Å². The third kappa shape index (κ3) is 3.18. The average molecular weight is 225 g/mol. The summed E-state index contributed by atoms with van der Waals surface area (Å²) in [5, 5.41) is 2.76. The molecule has 1 unspecified atom stereocenters. The van der Waals surface area contributed by atoms with Crippen LogP contribution in [0.2, 0.25) is 0 Å². The fourth-order valence-corrected chi connectivity index (χ4v) is 2.66. The molecule has 1 saturated heterocycles. The number of aromatic nitrogens is 1. The number of hydrogen-bond acceptors (Lipinski definition) is 4. The number of nitrogen functional groups attached to an aromatic ring is 1. The first-order valence-electron chi connectivity index (χ1n) is 5.66. The van der Waals surface area contributed by atoms with Crippen LogP contribution in [-0.4, -0.2) is 23.0 Å². The van der Waals surface area contributed by atoms with Gasteiger partial charge in [0.25, 0.3) is 0 Å². The molecule has 0 saturated carbocycles. The van der Waals surface area contributed by atoms with Crippen molar-refractivity contribution in [2.45, 2.75) is 32.7 Å². The molecular formula is C11H19N3S. The van der Waals surface area contributed by atoms with Crippen molar-refractivity contribution in [3.8, 4) is 0 Å². The molecule has 0 spiro atoms. The highest BCUT2D eigenvalue weighted by atomic mass is 32.1. The minimum atomic E-state index is 0.688. The van der Waals surface area contributed by atoms with Crippen LogP contribution in [0.15, 0.2) is 5.38 Å². The van der Waals surface area contributed by atoms with E-state index in [0.717, 1.165) is 18.2 Å². The first-order valence-corrected chi connectivity index (χ1v) is 6.54.